The van der Waals surface area contributed by atoms with E-state index in [4.69, 9.17) is 0 Å². The summed E-state index contributed by atoms with van der Waals surface area (Å²) in [6, 6.07) is 12.2. The molecule has 1 aliphatic heterocycles. The van der Waals surface area contributed by atoms with Crippen molar-refractivity contribution in [3.05, 3.63) is 57.0 Å². The first-order valence-electron chi connectivity index (χ1n) is 8.60. The van der Waals surface area contributed by atoms with Crippen LogP contribution in [0.25, 0.3) is 0 Å². The van der Waals surface area contributed by atoms with E-state index in [0.717, 1.165) is 26.6 Å². The number of carbonyl (C=O) groups excluding carboxylic acids is 1. The topological polar surface area (TPSA) is 57.7 Å². The SMILES string of the molecule is CCN(CC(=O)N1c2ccc(Br)cc2C[C@@H]1C)S(=O)(=O)c1ccc(Br)cc1. The summed E-state index contributed by atoms with van der Waals surface area (Å²) in [5.41, 5.74) is 1.94. The first-order chi connectivity index (χ1) is 12.7. The average Bonchev–Trinajstić information content (AvgIpc) is 2.94. The van der Waals surface area contributed by atoms with Crippen molar-refractivity contribution in [2.45, 2.75) is 31.2 Å². The molecule has 0 fully saturated rings. The number of halogens is 2. The van der Waals surface area contributed by atoms with Crippen molar-refractivity contribution in [3.63, 3.8) is 0 Å². The first kappa shape index (κ1) is 20.5. The normalized spacial score (nSPS) is 16.6. The molecule has 1 aliphatic rings. The van der Waals surface area contributed by atoms with Gasteiger partial charge in [0.2, 0.25) is 15.9 Å². The van der Waals surface area contributed by atoms with Gasteiger partial charge in [0, 0.05) is 27.2 Å². The number of rotatable bonds is 5. The van der Waals surface area contributed by atoms with E-state index in [1.165, 1.54) is 16.4 Å². The van der Waals surface area contributed by atoms with Gasteiger partial charge in [-0.2, -0.15) is 4.31 Å². The van der Waals surface area contributed by atoms with Crippen molar-refractivity contribution in [1.82, 2.24) is 4.31 Å². The minimum Gasteiger partial charge on any atom is -0.308 e. The number of sulfonamides is 1. The Balaban J connectivity index is 1.85. The molecule has 0 aliphatic carbocycles. The highest BCUT2D eigenvalue weighted by atomic mass is 79.9. The zero-order chi connectivity index (χ0) is 19.8. The lowest BCUT2D eigenvalue weighted by atomic mass is 10.1. The highest BCUT2D eigenvalue weighted by Gasteiger charge is 2.34. The summed E-state index contributed by atoms with van der Waals surface area (Å²) in [6.45, 7) is 3.75. The molecule has 1 atom stereocenters. The number of carbonyl (C=O) groups is 1. The van der Waals surface area contributed by atoms with E-state index in [2.05, 4.69) is 31.9 Å². The number of nitrogens with zero attached hydrogens (tertiary/aromatic N) is 2. The molecule has 3 rings (SSSR count). The molecule has 27 heavy (non-hydrogen) atoms. The molecular formula is C19H20Br2N2O3S. The van der Waals surface area contributed by atoms with E-state index in [9.17, 15) is 13.2 Å². The zero-order valence-electron chi connectivity index (χ0n) is 15.0. The summed E-state index contributed by atoms with van der Waals surface area (Å²) >= 11 is 6.76. The fourth-order valence-electron chi connectivity index (χ4n) is 3.33. The Morgan fingerprint density at radius 2 is 1.78 bits per heavy atom. The molecule has 0 saturated heterocycles. The minimum absolute atomic E-state index is 0.00380. The van der Waals surface area contributed by atoms with Gasteiger partial charge in [0.15, 0.2) is 0 Å². The van der Waals surface area contributed by atoms with Gasteiger partial charge in [-0.15, -0.1) is 0 Å². The molecule has 0 N–H and O–H groups in total. The van der Waals surface area contributed by atoms with Crippen LogP contribution < -0.4 is 4.90 Å². The molecule has 0 spiro atoms. The van der Waals surface area contributed by atoms with Crippen LogP contribution in [0.1, 0.15) is 19.4 Å². The first-order valence-corrected chi connectivity index (χ1v) is 11.6. The third kappa shape index (κ3) is 4.13. The minimum atomic E-state index is -3.74. The van der Waals surface area contributed by atoms with Gasteiger partial charge in [-0.3, -0.25) is 4.79 Å². The fourth-order valence-corrected chi connectivity index (χ4v) is 5.40. The molecular weight excluding hydrogens is 496 g/mol. The smallest absolute Gasteiger partial charge is 0.243 e. The molecule has 0 saturated carbocycles. The predicted octanol–water partition coefficient (Wildman–Crippen LogP) is 4.20. The molecule has 5 nitrogen and oxygen atoms in total. The monoisotopic (exact) mass is 514 g/mol. The predicted molar refractivity (Wildman–Crippen MR) is 113 cm³/mol. The van der Waals surface area contributed by atoms with Crippen molar-refractivity contribution in [3.8, 4) is 0 Å². The van der Waals surface area contributed by atoms with E-state index in [-0.39, 0.29) is 29.9 Å². The number of amides is 1. The molecule has 8 heteroatoms. The number of likely N-dealkylation sites (N-methyl/N-ethyl adjacent to an activating group) is 1. The molecule has 1 heterocycles. The summed E-state index contributed by atoms with van der Waals surface area (Å²) < 4.78 is 28.9. The third-order valence-corrected chi connectivity index (χ3v) is 7.60. The lowest BCUT2D eigenvalue weighted by Crippen LogP contribution is -2.45. The summed E-state index contributed by atoms with van der Waals surface area (Å²) in [5.74, 6) is -0.217. The molecule has 0 unspecified atom stereocenters. The van der Waals surface area contributed by atoms with Crippen LogP contribution in [0.3, 0.4) is 0 Å². The third-order valence-electron chi connectivity index (χ3n) is 4.64. The van der Waals surface area contributed by atoms with Crippen LogP contribution in [-0.2, 0) is 21.2 Å². The molecule has 0 bridgehead atoms. The quantitative estimate of drug-likeness (QED) is 0.599. The largest absolute Gasteiger partial charge is 0.308 e. The maximum atomic E-state index is 13.0. The van der Waals surface area contributed by atoms with Gasteiger partial charge in [-0.25, -0.2) is 8.42 Å². The van der Waals surface area contributed by atoms with E-state index in [0.29, 0.717) is 0 Å². The second kappa shape index (κ2) is 8.03. The van der Waals surface area contributed by atoms with Crippen LogP contribution in [0.2, 0.25) is 0 Å². The van der Waals surface area contributed by atoms with Crippen LogP contribution in [0, 0.1) is 0 Å². The van der Waals surface area contributed by atoms with Crippen LogP contribution >= 0.6 is 31.9 Å². The van der Waals surface area contributed by atoms with Gasteiger partial charge in [-0.05, 0) is 61.4 Å². The Kier molecular flexibility index (Phi) is 6.10. The van der Waals surface area contributed by atoms with Crippen LogP contribution in [-0.4, -0.2) is 37.8 Å². The maximum Gasteiger partial charge on any atom is 0.243 e. The number of hydrogen-bond donors (Lipinski definition) is 0. The Bertz CT molecular complexity index is 961. The Labute approximate surface area is 176 Å². The Hall–Kier alpha value is -1.22. The summed E-state index contributed by atoms with van der Waals surface area (Å²) in [6.07, 6.45) is 0.756. The molecule has 0 aromatic heterocycles. The van der Waals surface area contributed by atoms with Crippen molar-refractivity contribution < 1.29 is 13.2 Å². The van der Waals surface area contributed by atoms with E-state index in [1.54, 1.807) is 24.0 Å². The Morgan fingerprint density at radius 3 is 2.41 bits per heavy atom. The summed E-state index contributed by atoms with van der Waals surface area (Å²) in [5, 5.41) is 0. The zero-order valence-corrected chi connectivity index (χ0v) is 19.0. The number of anilines is 1. The van der Waals surface area contributed by atoms with E-state index < -0.39 is 10.0 Å². The van der Waals surface area contributed by atoms with Crippen molar-refractivity contribution in [2.75, 3.05) is 18.0 Å². The van der Waals surface area contributed by atoms with Gasteiger partial charge in [-0.1, -0.05) is 38.8 Å². The van der Waals surface area contributed by atoms with Gasteiger partial charge >= 0.3 is 0 Å². The highest BCUT2D eigenvalue weighted by Crippen LogP contribution is 2.34. The molecule has 0 radical (unpaired) electrons. The lowest BCUT2D eigenvalue weighted by Gasteiger charge is -2.27. The van der Waals surface area contributed by atoms with E-state index in [1.807, 2.05) is 25.1 Å². The van der Waals surface area contributed by atoms with Gasteiger partial charge in [0.05, 0.1) is 11.4 Å². The van der Waals surface area contributed by atoms with Crippen LogP contribution in [0.5, 0.6) is 0 Å². The standard InChI is InChI=1S/C19H20Br2N2O3S/c1-3-22(27(25,26)17-7-4-15(20)5-8-17)12-19(24)23-13(2)10-14-11-16(21)6-9-18(14)23/h4-9,11,13H,3,10,12H2,1-2H3/t13-/m0/s1. The Morgan fingerprint density at radius 1 is 1.15 bits per heavy atom. The second-order valence-corrected chi connectivity index (χ2v) is 10.2. The number of fused-ring (bicyclic) bond motifs is 1. The van der Waals surface area contributed by atoms with Crippen molar-refractivity contribution in [1.29, 1.82) is 0 Å². The van der Waals surface area contributed by atoms with Gasteiger partial charge < -0.3 is 4.90 Å². The maximum absolute atomic E-state index is 13.0. The summed E-state index contributed by atoms with van der Waals surface area (Å²) in [7, 11) is -3.74. The average molecular weight is 516 g/mol. The van der Waals surface area contributed by atoms with Gasteiger partial charge in [0.1, 0.15) is 0 Å². The van der Waals surface area contributed by atoms with E-state index >= 15 is 0 Å². The molecule has 144 valence electrons. The summed E-state index contributed by atoms with van der Waals surface area (Å²) in [4.78, 5) is 14.9. The van der Waals surface area contributed by atoms with Crippen molar-refractivity contribution >= 4 is 53.5 Å². The molecule has 2 aromatic rings. The number of hydrogen-bond acceptors (Lipinski definition) is 3. The highest BCUT2D eigenvalue weighted by molar-refractivity contribution is 9.10. The molecule has 2 aromatic carbocycles. The van der Waals surface area contributed by atoms with Crippen molar-refractivity contribution in [2.24, 2.45) is 0 Å². The number of benzene rings is 2. The van der Waals surface area contributed by atoms with Crippen LogP contribution in [0.15, 0.2) is 56.3 Å². The van der Waals surface area contributed by atoms with Gasteiger partial charge in [0.25, 0.3) is 0 Å². The fraction of sp³-hybridized carbons (Fsp3) is 0.316. The second-order valence-electron chi connectivity index (χ2n) is 6.48. The molecule has 1 amide bonds. The van der Waals surface area contributed by atoms with Crippen LogP contribution in [0.4, 0.5) is 5.69 Å². The lowest BCUT2D eigenvalue weighted by molar-refractivity contribution is -0.119.